The number of fused-ring (bicyclic) bond motifs is 1. The zero-order valence-corrected chi connectivity index (χ0v) is 20.8. The molecule has 1 aliphatic rings. The molecule has 10 nitrogen and oxygen atoms in total. The molecule has 0 fully saturated rings. The molecule has 0 radical (unpaired) electrons. The smallest absolute Gasteiger partial charge is 0.348 e. The van der Waals surface area contributed by atoms with Gasteiger partial charge in [-0.2, -0.15) is 0 Å². The number of benzene rings is 1. The Morgan fingerprint density at radius 2 is 1.83 bits per heavy atom. The molecule has 0 atom stereocenters. The van der Waals surface area contributed by atoms with E-state index in [0.29, 0.717) is 35.0 Å². The van der Waals surface area contributed by atoms with Gasteiger partial charge in [0.1, 0.15) is 28.0 Å². The zero-order chi connectivity index (χ0) is 25.7. The van der Waals surface area contributed by atoms with E-state index in [4.69, 9.17) is 28.1 Å². The normalized spacial score (nSPS) is 11.8. The quantitative estimate of drug-likeness (QED) is 0.374. The van der Waals surface area contributed by atoms with Crippen LogP contribution in [-0.2, 0) is 16.1 Å². The fourth-order valence-corrected chi connectivity index (χ4v) is 4.45. The molecule has 3 aromatic rings. The molecule has 1 aliphatic heterocycles. The van der Waals surface area contributed by atoms with Gasteiger partial charge < -0.3 is 33.4 Å². The largest absolute Gasteiger partial charge is 0.486 e. The van der Waals surface area contributed by atoms with Crippen LogP contribution in [0.4, 0.5) is 5.00 Å². The molecule has 4 rings (SSSR count). The van der Waals surface area contributed by atoms with Crippen LogP contribution in [0, 0.1) is 6.92 Å². The molecule has 0 spiro atoms. The summed E-state index contributed by atoms with van der Waals surface area (Å²) in [4.78, 5) is 38.1. The second-order valence-corrected chi connectivity index (χ2v) is 8.66. The maximum atomic E-state index is 12.9. The minimum absolute atomic E-state index is 0.0101. The number of carbonyl (C=O) groups excluding carboxylic acids is 3. The van der Waals surface area contributed by atoms with Crippen LogP contribution in [0.3, 0.4) is 0 Å². The number of esters is 2. The highest BCUT2D eigenvalue weighted by atomic mass is 32.1. The number of furan rings is 1. The molecule has 2 aromatic heterocycles. The summed E-state index contributed by atoms with van der Waals surface area (Å²) in [6.45, 7) is 5.79. The highest BCUT2D eigenvalue weighted by Gasteiger charge is 2.28. The fraction of sp³-hybridized carbons (Fsp3) is 0.320. The molecular formula is C25H25NO9S. The lowest BCUT2D eigenvalue weighted by molar-refractivity contribution is 0.0506. The molecule has 0 saturated carbocycles. The third-order valence-electron chi connectivity index (χ3n) is 5.09. The second kappa shape index (κ2) is 11.2. The number of hydrogen-bond acceptors (Lipinski definition) is 10. The van der Waals surface area contributed by atoms with E-state index in [0.717, 1.165) is 11.3 Å². The fourth-order valence-electron chi connectivity index (χ4n) is 3.37. The summed E-state index contributed by atoms with van der Waals surface area (Å²) in [7, 11) is 0. The molecule has 1 aromatic carbocycles. The molecule has 11 heteroatoms. The summed E-state index contributed by atoms with van der Waals surface area (Å²) in [5.41, 5.74) is 0.495. The SMILES string of the molecule is CCCOC(=O)c1c(NC(=O)c2ccc(COc3ccc4c(c3)OCO4)o2)sc(C(=O)OCC)c1C. The Labute approximate surface area is 211 Å². The van der Waals surface area contributed by atoms with E-state index in [2.05, 4.69) is 5.32 Å². The van der Waals surface area contributed by atoms with Gasteiger partial charge in [0, 0.05) is 6.07 Å². The molecule has 0 aliphatic carbocycles. The summed E-state index contributed by atoms with van der Waals surface area (Å²) < 4.78 is 32.3. The van der Waals surface area contributed by atoms with E-state index in [1.54, 1.807) is 38.1 Å². The van der Waals surface area contributed by atoms with Gasteiger partial charge in [0.15, 0.2) is 17.3 Å². The van der Waals surface area contributed by atoms with Crippen molar-refractivity contribution in [2.75, 3.05) is 25.3 Å². The van der Waals surface area contributed by atoms with Gasteiger partial charge in [0.2, 0.25) is 6.79 Å². The summed E-state index contributed by atoms with van der Waals surface area (Å²) in [5, 5.41) is 2.84. The molecular weight excluding hydrogens is 490 g/mol. The van der Waals surface area contributed by atoms with Gasteiger partial charge in [-0.3, -0.25) is 4.79 Å². The van der Waals surface area contributed by atoms with Gasteiger partial charge in [0.25, 0.3) is 5.91 Å². The van der Waals surface area contributed by atoms with Gasteiger partial charge in [-0.1, -0.05) is 6.92 Å². The van der Waals surface area contributed by atoms with Crippen molar-refractivity contribution in [3.05, 3.63) is 57.9 Å². The molecule has 0 saturated heterocycles. The Hall–Kier alpha value is -3.99. The van der Waals surface area contributed by atoms with Crippen LogP contribution in [0.5, 0.6) is 17.2 Å². The Morgan fingerprint density at radius 3 is 2.61 bits per heavy atom. The van der Waals surface area contributed by atoms with Crippen LogP contribution in [-0.4, -0.2) is 37.9 Å². The van der Waals surface area contributed by atoms with Crippen molar-refractivity contribution in [1.82, 2.24) is 0 Å². The number of ether oxygens (including phenoxy) is 5. The monoisotopic (exact) mass is 515 g/mol. The van der Waals surface area contributed by atoms with Crippen LogP contribution < -0.4 is 19.5 Å². The van der Waals surface area contributed by atoms with Crippen LogP contribution in [0.15, 0.2) is 34.7 Å². The molecule has 0 bridgehead atoms. The summed E-state index contributed by atoms with van der Waals surface area (Å²) in [6.07, 6.45) is 0.630. The van der Waals surface area contributed by atoms with Gasteiger partial charge in [-0.05, 0) is 50.1 Å². The van der Waals surface area contributed by atoms with E-state index in [-0.39, 0.29) is 47.8 Å². The molecule has 1 N–H and O–H groups in total. The number of hydrogen-bond donors (Lipinski definition) is 1. The number of carbonyl (C=O) groups is 3. The van der Waals surface area contributed by atoms with Crippen molar-refractivity contribution in [2.45, 2.75) is 33.8 Å². The van der Waals surface area contributed by atoms with Crippen molar-refractivity contribution in [1.29, 1.82) is 0 Å². The van der Waals surface area contributed by atoms with E-state index in [9.17, 15) is 14.4 Å². The summed E-state index contributed by atoms with van der Waals surface area (Å²) in [5.74, 6) is 0.412. The molecule has 36 heavy (non-hydrogen) atoms. The minimum Gasteiger partial charge on any atom is -0.486 e. The number of amides is 1. The predicted octanol–water partition coefficient (Wildman–Crippen LogP) is 4.95. The third kappa shape index (κ3) is 5.46. The van der Waals surface area contributed by atoms with E-state index >= 15 is 0 Å². The predicted molar refractivity (Wildman–Crippen MR) is 129 cm³/mol. The number of thiophene rings is 1. The van der Waals surface area contributed by atoms with Gasteiger partial charge in [-0.15, -0.1) is 11.3 Å². The first-order valence-electron chi connectivity index (χ1n) is 11.3. The highest BCUT2D eigenvalue weighted by Crippen LogP contribution is 2.36. The Morgan fingerprint density at radius 1 is 1.03 bits per heavy atom. The van der Waals surface area contributed by atoms with Crippen molar-refractivity contribution >= 4 is 34.2 Å². The van der Waals surface area contributed by atoms with E-state index in [1.807, 2.05) is 6.92 Å². The van der Waals surface area contributed by atoms with Crippen LogP contribution in [0.1, 0.15) is 62.2 Å². The van der Waals surface area contributed by atoms with Crippen LogP contribution in [0.25, 0.3) is 0 Å². The Kier molecular flexibility index (Phi) is 7.79. The average molecular weight is 516 g/mol. The van der Waals surface area contributed by atoms with Gasteiger partial charge in [-0.25, -0.2) is 9.59 Å². The van der Waals surface area contributed by atoms with Crippen molar-refractivity contribution in [2.24, 2.45) is 0 Å². The summed E-state index contributed by atoms with van der Waals surface area (Å²) >= 11 is 0.947. The van der Waals surface area contributed by atoms with Crippen LogP contribution in [0.2, 0.25) is 0 Å². The Bertz CT molecular complexity index is 1280. The maximum Gasteiger partial charge on any atom is 0.348 e. The van der Waals surface area contributed by atoms with Crippen molar-refractivity contribution in [3.63, 3.8) is 0 Å². The zero-order valence-electron chi connectivity index (χ0n) is 20.0. The second-order valence-electron chi connectivity index (χ2n) is 7.64. The topological polar surface area (TPSA) is 123 Å². The lowest BCUT2D eigenvalue weighted by Gasteiger charge is -2.07. The van der Waals surface area contributed by atoms with Gasteiger partial charge >= 0.3 is 11.9 Å². The Balaban J connectivity index is 1.47. The molecule has 190 valence electrons. The first-order valence-corrected chi connectivity index (χ1v) is 12.1. The van der Waals surface area contributed by atoms with E-state index in [1.165, 1.54) is 6.07 Å². The number of nitrogens with one attached hydrogen (secondary N) is 1. The first kappa shape index (κ1) is 25.1. The molecule has 1 amide bonds. The number of rotatable bonds is 10. The number of anilines is 1. The highest BCUT2D eigenvalue weighted by molar-refractivity contribution is 7.18. The van der Waals surface area contributed by atoms with E-state index < -0.39 is 17.8 Å². The molecule has 3 heterocycles. The minimum atomic E-state index is -0.631. The first-order chi connectivity index (χ1) is 17.4. The molecule has 0 unspecified atom stereocenters. The van der Waals surface area contributed by atoms with Crippen molar-refractivity contribution in [3.8, 4) is 17.2 Å². The van der Waals surface area contributed by atoms with Gasteiger partial charge in [0.05, 0.1) is 18.8 Å². The lowest BCUT2D eigenvalue weighted by atomic mass is 10.1. The van der Waals surface area contributed by atoms with Crippen molar-refractivity contribution < 1.29 is 42.5 Å². The lowest BCUT2D eigenvalue weighted by Crippen LogP contribution is -2.14. The third-order valence-corrected chi connectivity index (χ3v) is 6.27. The maximum absolute atomic E-state index is 12.9. The standard InChI is InChI=1S/C25H25NO9S/c1-4-10-31-24(28)20-14(3)21(25(29)30-5-2)36-23(20)26-22(27)18-9-7-16(35-18)12-32-15-6-8-17-19(11-15)34-13-33-17/h6-9,11H,4-5,10,12-13H2,1-3H3,(H,26,27). The average Bonchev–Trinajstić information content (AvgIpc) is 3.60. The van der Waals surface area contributed by atoms with Crippen LogP contribution >= 0.6 is 11.3 Å². The summed E-state index contributed by atoms with van der Waals surface area (Å²) in [6, 6.07) is 8.30.